The monoisotopic (exact) mass is 360 g/mol. The lowest BCUT2D eigenvalue weighted by Crippen LogP contribution is -2.14. The number of thioether (sulfide) groups is 1. The predicted octanol–water partition coefficient (Wildman–Crippen LogP) is 4.45. The first-order chi connectivity index (χ1) is 11.6. The highest BCUT2D eigenvalue weighted by molar-refractivity contribution is 7.98. The van der Waals surface area contributed by atoms with Crippen molar-refractivity contribution in [3.05, 3.63) is 92.6 Å². The van der Waals surface area contributed by atoms with Crippen LogP contribution in [0.25, 0.3) is 0 Å². The van der Waals surface area contributed by atoms with Crippen LogP contribution < -0.4 is 5.56 Å². The van der Waals surface area contributed by atoms with Crippen molar-refractivity contribution in [2.75, 3.05) is 0 Å². The molecule has 0 atom stereocenters. The summed E-state index contributed by atoms with van der Waals surface area (Å²) in [6.45, 7) is 0. The Morgan fingerprint density at radius 3 is 2.38 bits per heavy atom. The van der Waals surface area contributed by atoms with Crippen molar-refractivity contribution in [2.24, 2.45) is 0 Å². The highest BCUT2D eigenvalue weighted by Crippen LogP contribution is 2.18. The van der Waals surface area contributed by atoms with Gasteiger partial charge in [-0.15, -0.1) is 0 Å². The molecule has 3 rings (SSSR count). The Morgan fingerprint density at radius 1 is 1.04 bits per heavy atom. The number of aromatic amines is 1. The molecule has 3 aromatic rings. The quantitative estimate of drug-likeness (QED) is 0.540. The highest BCUT2D eigenvalue weighted by atomic mass is 35.5. The van der Waals surface area contributed by atoms with Crippen LogP contribution in [-0.4, -0.2) is 9.97 Å². The standard InChI is InChI=1S/C18H14ClFN2OS/c19-15-5-1-12(2-6-15)9-14-10-21-18(22-17(14)23)24-11-13-3-7-16(20)8-4-13/h1-8,10H,9,11H2,(H,21,22,23). The Balaban J connectivity index is 1.66. The zero-order chi connectivity index (χ0) is 16.9. The zero-order valence-corrected chi connectivity index (χ0v) is 14.2. The molecule has 0 radical (unpaired) electrons. The third-order valence-electron chi connectivity index (χ3n) is 3.44. The highest BCUT2D eigenvalue weighted by Gasteiger charge is 2.06. The van der Waals surface area contributed by atoms with Crippen molar-refractivity contribution >= 4 is 23.4 Å². The molecule has 1 aromatic heterocycles. The number of hydrogen-bond acceptors (Lipinski definition) is 3. The van der Waals surface area contributed by atoms with E-state index in [1.165, 1.54) is 23.9 Å². The Bertz CT molecular complexity index is 879. The molecule has 0 amide bonds. The van der Waals surface area contributed by atoms with Crippen molar-refractivity contribution in [1.82, 2.24) is 9.97 Å². The summed E-state index contributed by atoms with van der Waals surface area (Å²) in [6, 6.07) is 13.6. The second-order valence-corrected chi connectivity index (χ2v) is 6.65. The molecule has 24 heavy (non-hydrogen) atoms. The summed E-state index contributed by atoms with van der Waals surface area (Å²) in [5, 5.41) is 1.21. The van der Waals surface area contributed by atoms with Crippen molar-refractivity contribution in [1.29, 1.82) is 0 Å². The van der Waals surface area contributed by atoms with Crippen molar-refractivity contribution in [2.45, 2.75) is 17.3 Å². The van der Waals surface area contributed by atoms with Crippen LogP contribution in [0.4, 0.5) is 4.39 Å². The molecular weight excluding hydrogens is 347 g/mol. The molecule has 0 saturated carbocycles. The minimum atomic E-state index is -0.262. The van der Waals surface area contributed by atoms with Gasteiger partial charge < -0.3 is 4.98 Å². The number of rotatable bonds is 5. The molecule has 2 aromatic carbocycles. The fourth-order valence-corrected chi connectivity index (χ4v) is 3.07. The Morgan fingerprint density at radius 2 is 1.71 bits per heavy atom. The van der Waals surface area contributed by atoms with E-state index in [0.29, 0.717) is 27.9 Å². The lowest BCUT2D eigenvalue weighted by molar-refractivity contribution is 0.627. The van der Waals surface area contributed by atoms with Gasteiger partial charge in [-0.1, -0.05) is 47.6 Å². The molecule has 0 spiro atoms. The minimum Gasteiger partial charge on any atom is -0.341 e. The Kier molecular flexibility index (Phi) is 5.33. The van der Waals surface area contributed by atoms with Crippen LogP contribution in [0.5, 0.6) is 0 Å². The van der Waals surface area contributed by atoms with Gasteiger partial charge in [0, 0.05) is 29.0 Å². The van der Waals surface area contributed by atoms with E-state index >= 15 is 0 Å². The molecule has 0 saturated heterocycles. The van der Waals surface area contributed by atoms with Gasteiger partial charge in [-0.25, -0.2) is 4.39 Å². The molecule has 0 bridgehead atoms. The van der Waals surface area contributed by atoms with E-state index in [1.807, 2.05) is 12.1 Å². The summed E-state index contributed by atoms with van der Waals surface area (Å²) in [4.78, 5) is 19.3. The molecule has 122 valence electrons. The first-order valence-electron chi connectivity index (χ1n) is 7.30. The fourth-order valence-electron chi connectivity index (χ4n) is 2.16. The average Bonchev–Trinajstić information content (AvgIpc) is 2.58. The predicted molar refractivity (Wildman–Crippen MR) is 95.1 cm³/mol. The van der Waals surface area contributed by atoms with Gasteiger partial charge in [0.25, 0.3) is 5.56 Å². The molecule has 3 nitrogen and oxygen atoms in total. The van der Waals surface area contributed by atoms with Gasteiger partial charge in [0.1, 0.15) is 5.82 Å². The lowest BCUT2D eigenvalue weighted by Gasteiger charge is -2.04. The summed E-state index contributed by atoms with van der Waals surface area (Å²) in [6.07, 6.45) is 2.19. The van der Waals surface area contributed by atoms with Crippen LogP contribution in [0.2, 0.25) is 5.02 Å². The van der Waals surface area contributed by atoms with Crippen LogP contribution in [0.3, 0.4) is 0 Å². The Labute approximate surface area is 147 Å². The van der Waals surface area contributed by atoms with Crippen LogP contribution in [0.1, 0.15) is 16.7 Å². The SMILES string of the molecule is O=c1nc(SCc2ccc(F)cc2)[nH]cc1Cc1ccc(Cl)cc1. The topological polar surface area (TPSA) is 45.8 Å². The van der Waals surface area contributed by atoms with E-state index in [4.69, 9.17) is 11.6 Å². The molecule has 1 N–H and O–H groups in total. The number of nitrogens with one attached hydrogen (secondary N) is 1. The molecule has 0 fully saturated rings. The van der Waals surface area contributed by atoms with Gasteiger partial charge in [0.05, 0.1) is 0 Å². The number of benzene rings is 2. The van der Waals surface area contributed by atoms with Crippen molar-refractivity contribution < 1.29 is 4.39 Å². The van der Waals surface area contributed by atoms with E-state index in [1.54, 1.807) is 30.5 Å². The van der Waals surface area contributed by atoms with Gasteiger partial charge in [-0.3, -0.25) is 4.79 Å². The first kappa shape index (κ1) is 16.7. The molecule has 1 heterocycles. The molecule has 0 aliphatic heterocycles. The third-order valence-corrected chi connectivity index (χ3v) is 4.66. The van der Waals surface area contributed by atoms with Gasteiger partial charge in [0.2, 0.25) is 0 Å². The minimum absolute atomic E-state index is 0.245. The summed E-state index contributed by atoms with van der Waals surface area (Å²) in [5.41, 5.74) is 2.32. The van der Waals surface area contributed by atoms with E-state index < -0.39 is 0 Å². The second-order valence-electron chi connectivity index (χ2n) is 5.25. The van der Waals surface area contributed by atoms with E-state index in [9.17, 15) is 9.18 Å². The number of aromatic nitrogens is 2. The molecular formula is C18H14ClFN2OS. The first-order valence-corrected chi connectivity index (χ1v) is 8.67. The summed E-state index contributed by atoms with van der Waals surface area (Å²) in [7, 11) is 0. The van der Waals surface area contributed by atoms with Gasteiger partial charge in [-0.2, -0.15) is 4.98 Å². The van der Waals surface area contributed by atoms with Gasteiger partial charge >= 0.3 is 0 Å². The molecule has 6 heteroatoms. The normalized spacial score (nSPS) is 10.8. The maximum atomic E-state index is 12.9. The lowest BCUT2D eigenvalue weighted by atomic mass is 10.1. The van der Waals surface area contributed by atoms with Crippen LogP contribution in [-0.2, 0) is 12.2 Å². The van der Waals surface area contributed by atoms with Crippen LogP contribution in [0, 0.1) is 5.82 Å². The van der Waals surface area contributed by atoms with Crippen molar-refractivity contribution in [3.8, 4) is 0 Å². The maximum absolute atomic E-state index is 12.9. The smallest absolute Gasteiger partial charge is 0.277 e. The van der Waals surface area contributed by atoms with Crippen molar-refractivity contribution in [3.63, 3.8) is 0 Å². The summed E-state index contributed by atoms with van der Waals surface area (Å²) in [5.74, 6) is 0.349. The second kappa shape index (κ2) is 7.64. The average molecular weight is 361 g/mol. The van der Waals surface area contributed by atoms with E-state index in [2.05, 4.69) is 9.97 Å². The Hall–Kier alpha value is -2.11. The largest absolute Gasteiger partial charge is 0.341 e. The van der Waals surface area contributed by atoms with Gasteiger partial charge in [-0.05, 0) is 35.4 Å². The van der Waals surface area contributed by atoms with Gasteiger partial charge in [0.15, 0.2) is 5.16 Å². The third kappa shape index (κ3) is 4.46. The summed E-state index contributed by atoms with van der Waals surface area (Å²) >= 11 is 7.26. The van der Waals surface area contributed by atoms with E-state index in [-0.39, 0.29) is 11.4 Å². The molecule has 0 aliphatic rings. The van der Waals surface area contributed by atoms with Crippen LogP contribution in [0.15, 0.2) is 64.7 Å². The number of hydrogen-bond donors (Lipinski definition) is 1. The molecule has 0 unspecified atom stereocenters. The fraction of sp³-hybridized carbons (Fsp3) is 0.111. The maximum Gasteiger partial charge on any atom is 0.277 e. The number of H-pyrrole nitrogens is 1. The molecule has 0 aliphatic carbocycles. The van der Waals surface area contributed by atoms with Crippen LogP contribution >= 0.6 is 23.4 Å². The number of nitrogens with zero attached hydrogens (tertiary/aromatic N) is 1. The number of halogens is 2. The van der Waals surface area contributed by atoms with E-state index in [0.717, 1.165) is 11.1 Å². The zero-order valence-electron chi connectivity index (χ0n) is 12.6. The summed E-state index contributed by atoms with van der Waals surface area (Å²) < 4.78 is 12.9.